The van der Waals surface area contributed by atoms with Gasteiger partial charge in [-0.05, 0) is 27.6 Å². The molecule has 4 nitrogen and oxygen atoms in total. The summed E-state index contributed by atoms with van der Waals surface area (Å²) < 4.78 is 0.857. The molecule has 0 atom stereocenters. The Hall–Kier alpha value is -0.910. The number of nitrogens with one attached hydrogen (secondary N) is 1. The van der Waals surface area contributed by atoms with E-state index in [1.807, 2.05) is 18.2 Å². The summed E-state index contributed by atoms with van der Waals surface area (Å²) in [5.41, 5.74) is 1.92. The minimum Gasteiger partial charge on any atom is -0.300 e. The minimum absolute atomic E-state index is 0.384. The number of nitrogens with two attached hydrogens (primary N) is 1. The van der Waals surface area contributed by atoms with E-state index >= 15 is 0 Å². The van der Waals surface area contributed by atoms with E-state index in [4.69, 9.17) is 5.90 Å². The number of aromatic amines is 1. The van der Waals surface area contributed by atoms with Crippen LogP contribution in [-0.2, 0) is 11.4 Å². The zero-order valence-electron chi connectivity index (χ0n) is 6.75. The Kier molecular flexibility index (Phi) is 2.30. The molecule has 3 N–H and O–H groups in total. The van der Waals surface area contributed by atoms with Crippen molar-refractivity contribution in [2.75, 3.05) is 0 Å². The van der Waals surface area contributed by atoms with Crippen LogP contribution >= 0.6 is 15.9 Å². The Balaban J connectivity index is 2.65. The highest BCUT2D eigenvalue weighted by molar-refractivity contribution is 9.10. The largest absolute Gasteiger partial charge is 0.300 e. The van der Waals surface area contributed by atoms with E-state index in [1.54, 1.807) is 0 Å². The Morgan fingerprint density at radius 2 is 2.38 bits per heavy atom. The summed E-state index contributed by atoms with van der Waals surface area (Å²) in [4.78, 5) is 4.60. The lowest BCUT2D eigenvalue weighted by atomic mass is 10.1. The Morgan fingerprint density at radius 3 is 3.15 bits per heavy atom. The van der Waals surface area contributed by atoms with Gasteiger partial charge in [-0.15, -0.1) is 0 Å². The Morgan fingerprint density at radius 1 is 1.54 bits per heavy atom. The third-order valence-corrected chi connectivity index (χ3v) is 2.44. The molecule has 0 aliphatic rings. The van der Waals surface area contributed by atoms with Gasteiger partial charge < -0.3 is 0 Å². The van der Waals surface area contributed by atoms with Crippen molar-refractivity contribution in [3.63, 3.8) is 0 Å². The van der Waals surface area contributed by atoms with Gasteiger partial charge in [0, 0.05) is 5.39 Å². The van der Waals surface area contributed by atoms with Crippen molar-refractivity contribution in [2.24, 2.45) is 5.90 Å². The number of rotatable bonds is 2. The molecule has 0 fully saturated rings. The van der Waals surface area contributed by atoms with Crippen molar-refractivity contribution in [3.8, 4) is 0 Å². The van der Waals surface area contributed by atoms with Crippen LogP contribution in [0.1, 0.15) is 5.56 Å². The third-order valence-electron chi connectivity index (χ3n) is 1.86. The number of hydrogen-bond acceptors (Lipinski definition) is 3. The average molecular weight is 242 g/mol. The maximum atomic E-state index is 5.02. The van der Waals surface area contributed by atoms with Gasteiger partial charge in [-0.3, -0.25) is 9.94 Å². The zero-order valence-corrected chi connectivity index (χ0v) is 8.34. The van der Waals surface area contributed by atoms with Gasteiger partial charge in [0.15, 0.2) is 0 Å². The van der Waals surface area contributed by atoms with Crippen LogP contribution in [0.3, 0.4) is 0 Å². The lowest BCUT2D eigenvalue weighted by Gasteiger charge is -1.99. The van der Waals surface area contributed by atoms with Gasteiger partial charge in [0.25, 0.3) is 0 Å². The third kappa shape index (κ3) is 1.46. The molecule has 0 spiro atoms. The SMILES string of the molecule is NOCc1cccc2n[nH]c(Br)c12. The van der Waals surface area contributed by atoms with Gasteiger partial charge in [-0.2, -0.15) is 5.10 Å². The number of H-pyrrole nitrogens is 1. The van der Waals surface area contributed by atoms with Crippen molar-refractivity contribution in [1.29, 1.82) is 0 Å². The van der Waals surface area contributed by atoms with Gasteiger partial charge in [-0.25, -0.2) is 5.90 Å². The Bertz CT molecular complexity index is 426. The van der Waals surface area contributed by atoms with Crippen molar-refractivity contribution >= 4 is 26.8 Å². The molecule has 0 unspecified atom stereocenters. The second-order valence-electron chi connectivity index (χ2n) is 2.66. The predicted molar refractivity (Wildman–Crippen MR) is 52.8 cm³/mol. The summed E-state index contributed by atoms with van der Waals surface area (Å²) in [6.07, 6.45) is 0. The first-order valence-electron chi connectivity index (χ1n) is 3.76. The van der Waals surface area contributed by atoms with Crippen LogP contribution < -0.4 is 5.90 Å². The highest BCUT2D eigenvalue weighted by Gasteiger charge is 2.06. The quantitative estimate of drug-likeness (QED) is 0.788. The zero-order chi connectivity index (χ0) is 9.26. The van der Waals surface area contributed by atoms with Crippen LogP contribution in [0.25, 0.3) is 10.9 Å². The molecule has 0 bridgehead atoms. The highest BCUT2D eigenvalue weighted by Crippen LogP contribution is 2.24. The van der Waals surface area contributed by atoms with Crippen LogP contribution in [-0.4, -0.2) is 10.2 Å². The molecule has 2 rings (SSSR count). The van der Waals surface area contributed by atoms with Crippen LogP contribution in [0.4, 0.5) is 0 Å². The van der Waals surface area contributed by atoms with E-state index in [2.05, 4.69) is 31.0 Å². The van der Waals surface area contributed by atoms with Gasteiger partial charge >= 0.3 is 0 Å². The molecule has 0 saturated carbocycles. The summed E-state index contributed by atoms with van der Waals surface area (Å²) in [7, 11) is 0. The number of aromatic nitrogens is 2. The van der Waals surface area contributed by atoms with Crippen LogP contribution in [0, 0.1) is 0 Å². The molecule has 2 aromatic rings. The minimum atomic E-state index is 0.384. The van der Waals surface area contributed by atoms with E-state index in [0.29, 0.717) is 6.61 Å². The number of benzene rings is 1. The summed E-state index contributed by atoms with van der Waals surface area (Å²) in [6, 6.07) is 5.80. The fourth-order valence-electron chi connectivity index (χ4n) is 1.31. The first-order chi connectivity index (χ1) is 6.33. The fourth-order valence-corrected chi connectivity index (χ4v) is 1.85. The molecular formula is C8H8BrN3O. The van der Waals surface area contributed by atoms with Gasteiger partial charge in [0.2, 0.25) is 0 Å². The van der Waals surface area contributed by atoms with Crippen LogP contribution in [0.15, 0.2) is 22.8 Å². The number of halogens is 1. The Labute approximate surface area is 83.2 Å². The van der Waals surface area contributed by atoms with Crippen LogP contribution in [0.2, 0.25) is 0 Å². The predicted octanol–water partition coefficient (Wildman–Crippen LogP) is 1.72. The summed E-state index contributed by atoms with van der Waals surface area (Å²) >= 11 is 3.37. The lowest BCUT2D eigenvalue weighted by molar-refractivity contribution is 0.125. The van der Waals surface area contributed by atoms with Crippen molar-refractivity contribution in [3.05, 3.63) is 28.4 Å². The summed E-state index contributed by atoms with van der Waals surface area (Å²) in [6.45, 7) is 0.384. The second kappa shape index (κ2) is 3.45. The molecule has 0 amide bonds. The highest BCUT2D eigenvalue weighted by atomic mass is 79.9. The van der Waals surface area contributed by atoms with Crippen molar-refractivity contribution in [1.82, 2.24) is 10.2 Å². The van der Waals surface area contributed by atoms with Gasteiger partial charge in [0.1, 0.15) is 4.60 Å². The molecule has 1 heterocycles. The fraction of sp³-hybridized carbons (Fsp3) is 0.125. The molecule has 0 saturated heterocycles. The molecule has 1 aromatic carbocycles. The monoisotopic (exact) mass is 241 g/mol. The molecule has 13 heavy (non-hydrogen) atoms. The van der Waals surface area contributed by atoms with E-state index in [1.165, 1.54) is 0 Å². The second-order valence-corrected chi connectivity index (χ2v) is 3.45. The standard InChI is InChI=1S/C8H8BrN3O/c9-8-7-5(4-13-10)2-1-3-6(7)11-12-8/h1-3H,4,10H2,(H,11,12). The average Bonchev–Trinajstić information content (AvgIpc) is 2.50. The molecule has 1 aromatic heterocycles. The molecule has 5 heteroatoms. The van der Waals surface area contributed by atoms with E-state index < -0.39 is 0 Å². The van der Waals surface area contributed by atoms with E-state index in [9.17, 15) is 0 Å². The molecule has 0 aliphatic carbocycles. The summed E-state index contributed by atoms with van der Waals surface area (Å²) in [5.74, 6) is 5.02. The maximum absolute atomic E-state index is 5.02. The summed E-state index contributed by atoms with van der Waals surface area (Å²) in [5, 5.41) is 7.96. The lowest BCUT2D eigenvalue weighted by Crippen LogP contribution is -1.98. The topological polar surface area (TPSA) is 63.9 Å². The van der Waals surface area contributed by atoms with E-state index in [-0.39, 0.29) is 0 Å². The number of hydrogen-bond donors (Lipinski definition) is 2. The van der Waals surface area contributed by atoms with Gasteiger partial charge in [0.05, 0.1) is 12.1 Å². The first-order valence-corrected chi connectivity index (χ1v) is 4.55. The maximum Gasteiger partial charge on any atom is 0.109 e. The van der Waals surface area contributed by atoms with Crippen molar-refractivity contribution in [2.45, 2.75) is 6.61 Å². The van der Waals surface area contributed by atoms with Crippen molar-refractivity contribution < 1.29 is 4.84 Å². The van der Waals surface area contributed by atoms with Crippen LogP contribution in [0.5, 0.6) is 0 Å². The molecular weight excluding hydrogens is 234 g/mol. The van der Waals surface area contributed by atoms with E-state index in [0.717, 1.165) is 21.1 Å². The normalized spacial score (nSPS) is 10.9. The van der Waals surface area contributed by atoms with Gasteiger partial charge in [-0.1, -0.05) is 12.1 Å². The first kappa shape index (κ1) is 8.68. The smallest absolute Gasteiger partial charge is 0.109 e. The molecule has 68 valence electrons. The number of nitrogens with zero attached hydrogens (tertiary/aromatic N) is 1. The number of fused-ring (bicyclic) bond motifs is 1. The molecule has 0 radical (unpaired) electrons. The molecule has 0 aliphatic heterocycles.